The van der Waals surface area contributed by atoms with Crippen LogP contribution in [-0.2, 0) is 0 Å². The van der Waals surface area contributed by atoms with Gasteiger partial charge in [-0.15, -0.1) is 0 Å². The molecule has 0 saturated carbocycles. The summed E-state index contributed by atoms with van der Waals surface area (Å²) in [6, 6.07) is 8.95. The van der Waals surface area contributed by atoms with Crippen LogP contribution in [0.25, 0.3) is 11.3 Å². The second-order valence-electron chi connectivity index (χ2n) is 5.57. The predicted molar refractivity (Wildman–Crippen MR) is 97.5 cm³/mol. The van der Waals surface area contributed by atoms with E-state index in [0.29, 0.717) is 11.3 Å². The molecule has 0 aliphatic carbocycles. The average molecular weight is 381 g/mol. The lowest BCUT2D eigenvalue weighted by Crippen LogP contribution is -2.34. The Kier molecular flexibility index (Phi) is 5.70. The van der Waals surface area contributed by atoms with Gasteiger partial charge in [0.25, 0.3) is 17.5 Å². The van der Waals surface area contributed by atoms with Crippen molar-refractivity contribution in [1.29, 1.82) is 0 Å². The first-order valence-electron chi connectivity index (χ1n) is 8.21. The molecule has 1 aromatic carbocycles. The van der Waals surface area contributed by atoms with Crippen LogP contribution in [0.1, 0.15) is 21.0 Å². The van der Waals surface area contributed by atoms with Gasteiger partial charge in [-0.05, 0) is 12.1 Å². The van der Waals surface area contributed by atoms with Crippen molar-refractivity contribution in [2.75, 3.05) is 13.1 Å². The van der Waals surface area contributed by atoms with E-state index >= 15 is 0 Å². The monoisotopic (exact) mass is 381 g/mol. The van der Waals surface area contributed by atoms with Crippen LogP contribution >= 0.6 is 0 Å². The molecule has 3 rings (SSSR count). The van der Waals surface area contributed by atoms with Crippen molar-refractivity contribution in [1.82, 2.24) is 20.6 Å². The Morgan fingerprint density at radius 3 is 2.57 bits per heavy atom. The number of aromatic nitrogens is 2. The van der Waals surface area contributed by atoms with Gasteiger partial charge in [-0.2, -0.15) is 0 Å². The second-order valence-corrected chi connectivity index (χ2v) is 5.57. The van der Waals surface area contributed by atoms with Crippen LogP contribution in [0, 0.1) is 10.1 Å². The highest BCUT2D eigenvalue weighted by atomic mass is 16.6. The van der Waals surface area contributed by atoms with Gasteiger partial charge in [0.2, 0.25) is 0 Å². The van der Waals surface area contributed by atoms with E-state index in [0.717, 1.165) is 0 Å². The number of rotatable bonds is 7. The Hall–Kier alpha value is -4.08. The predicted octanol–water partition coefficient (Wildman–Crippen LogP) is 1.80. The molecule has 0 fully saturated rings. The van der Waals surface area contributed by atoms with Gasteiger partial charge in [0.1, 0.15) is 11.5 Å². The summed E-state index contributed by atoms with van der Waals surface area (Å²) in [7, 11) is 0. The van der Waals surface area contributed by atoms with Gasteiger partial charge < -0.3 is 15.1 Å². The molecule has 2 amide bonds. The molecule has 0 spiro atoms. The Labute approximate surface area is 158 Å². The largest absolute Gasteiger partial charge is 0.451 e. The maximum Gasteiger partial charge on any atom is 0.287 e. The summed E-state index contributed by atoms with van der Waals surface area (Å²) in [6.45, 7) is 0.372. The smallest absolute Gasteiger partial charge is 0.287 e. The standard InChI is InChI=1S/C18H15N5O5/c24-17(14-11-19-6-7-20-14)21-8-9-22-18(25)16-5-4-15(28-16)12-2-1-3-13(10-12)23(26)27/h1-7,10-11H,8-9H2,(H,21,24)(H,22,25). The molecule has 0 bridgehead atoms. The number of nitrogens with zero attached hydrogens (tertiary/aromatic N) is 3. The molecule has 0 saturated heterocycles. The number of carbonyl (C=O) groups is 2. The van der Waals surface area contributed by atoms with Gasteiger partial charge in [0, 0.05) is 43.2 Å². The number of furan rings is 1. The number of carbonyl (C=O) groups excluding carboxylic acids is 2. The summed E-state index contributed by atoms with van der Waals surface area (Å²) < 4.78 is 5.47. The lowest BCUT2D eigenvalue weighted by atomic mass is 10.1. The Balaban J connectivity index is 1.52. The number of nitrogens with one attached hydrogen (secondary N) is 2. The third kappa shape index (κ3) is 4.55. The third-order valence-corrected chi connectivity index (χ3v) is 3.66. The summed E-state index contributed by atoms with van der Waals surface area (Å²) in [5.41, 5.74) is 0.602. The van der Waals surface area contributed by atoms with Crippen LogP contribution in [0.2, 0.25) is 0 Å². The van der Waals surface area contributed by atoms with Crippen molar-refractivity contribution in [2.45, 2.75) is 0 Å². The normalized spacial score (nSPS) is 10.3. The van der Waals surface area contributed by atoms with Crippen LogP contribution in [-0.4, -0.2) is 39.8 Å². The highest BCUT2D eigenvalue weighted by Crippen LogP contribution is 2.25. The lowest BCUT2D eigenvalue weighted by molar-refractivity contribution is -0.384. The first-order valence-corrected chi connectivity index (χ1v) is 8.21. The van der Waals surface area contributed by atoms with E-state index < -0.39 is 16.7 Å². The fraction of sp³-hybridized carbons (Fsp3) is 0.111. The number of nitro benzene ring substituents is 1. The van der Waals surface area contributed by atoms with Gasteiger partial charge in [0.15, 0.2) is 5.76 Å². The quantitative estimate of drug-likeness (QED) is 0.361. The van der Waals surface area contributed by atoms with E-state index in [1.807, 2.05) is 0 Å². The topological polar surface area (TPSA) is 140 Å². The van der Waals surface area contributed by atoms with E-state index in [-0.39, 0.29) is 30.2 Å². The Morgan fingerprint density at radius 1 is 1.07 bits per heavy atom. The molecule has 0 atom stereocenters. The van der Waals surface area contributed by atoms with E-state index in [9.17, 15) is 19.7 Å². The first-order chi connectivity index (χ1) is 13.5. The van der Waals surface area contributed by atoms with Crippen molar-refractivity contribution in [3.8, 4) is 11.3 Å². The van der Waals surface area contributed by atoms with Crippen molar-refractivity contribution in [3.63, 3.8) is 0 Å². The summed E-state index contributed by atoms with van der Waals surface area (Å²) in [5.74, 6) is -0.467. The van der Waals surface area contributed by atoms with Crippen molar-refractivity contribution in [2.24, 2.45) is 0 Å². The molecular formula is C18H15N5O5. The van der Waals surface area contributed by atoms with Gasteiger partial charge in [-0.3, -0.25) is 24.7 Å². The average Bonchev–Trinajstić information content (AvgIpc) is 3.22. The lowest BCUT2D eigenvalue weighted by Gasteiger charge is -2.05. The van der Waals surface area contributed by atoms with Crippen LogP contribution in [0.3, 0.4) is 0 Å². The molecule has 0 aliphatic rings. The van der Waals surface area contributed by atoms with Crippen LogP contribution in [0.15, 0.2) is 59.4 Å². The van der Waals surface area contributed by atoms with Crippen LogP contribution < -0.4 is 10.6 Å². The number of non-ortho nitro benzene ring substituents is 1. The highest BCUT2D eigenvalue weighted by Gasteiger charge is 2.14. The third-order valence-electron chi connectivity index (χ3n) is 3.66. The van der Waals surface area contributed by atoms with Gasteiger partial charge in [-0.1, -0.05) is 12.1 Å². The Bertz CT molecular complexity index is 1000. The molecule has 0 aliphatic heterocycles. The molecule has 28 heavy (non-hydrogen) atoms. The minimum atomic E-state index is -0.505. The number of hydrogen-bond donors (Lipinski definition) is 2. The van der Waals surface area contributed by atoms with E-state index in [4.69, 9.17) is 4.42 Å². The molecule has 0 unspecified atom stereocenters. The highest BCUT2D eigenvalue weighted by molar-refractivity contribution is 5.93. The van der Waals surface area contributed by atoms with E-state index in [1.165, 1.54) is 42.9 Å². The molecule has 10 nitrogen and oxygen atoms in total. The van der Waals surface area contributed by atoms with Gasteiger partial charge in [0.05, 0.1) is 11.1 Å². The molecular weight excluding hydrogens is 366 g/mol. The molecule has 0 radical (unpaired) electrons. The number of benzene rings is 1. The van der Waals surface area contributed by atoms with Crippen LogP contribution in [0.4, 0.5) is 5.69 Å². The van der Waals surface area contributed by atoms with Crippen molar-refractivity contribution >= 4 is 17.5 Å². The molecule has 142 valence electrons. The molecule has 2 aromatic heterocycles. The summed E-state index contributed by atoms with van der Waals surface area (Å²) >= 11 is 0. The van der Waals surface area contributed by atoms with Crippen molar-refractivity contribution < 1.29 is 18.9 Å². The maximum absolute atomic E-state index is 12.1. The number of nitro groups is 1. The molecule has 3 aromatic rings. The minimum Gasteiger partial charge on any atom is -0.451 e. The number of amides is 2. The zero-order valence-electron chi connectivity index (χ0n) is 14.5. The first kappa shape index (κ1) is 18.7. The summed E-state index contributed by atoms with van der Waals surface area (Å²) in [6.07, 6.45) is 4.21. The summed E-state index contributed by atoms with van der Waals surface area (Å²) in [5, 5.41) is 16.1. The fourth-order valence-electron chi connectivity index (χ4n) is 2.33. The second kappa shape index (κ2) is 8.54. The molecule has 2 N–H and O–H groups in total. The SMILES string of the molecule is O=C(NCCNC(=O)c1ccc(-c2cccc([N+](=O)[O-])c2)o1)c1cnccn1. The fourth-order valence-corrected chi connectivity index (χ4v) is 2.33. The molecule has 10 heteroatoms. The maximum atomic E-state index is 12.1. The summed E-state index contributed by atoms with van der Waals surface area (Å²) in [4.78, 5) is 42.0. The van der Waals surface area contributed by atoms with E-state index in [2.05, 4.69) is 20.6 Å². The van der Waals surface area contributed by atoms with Crippen LogP contribution in [0.5, 0.6) is 0 Å². The minimum absolute atomic E-state index is 0.0572. The Morgan fingerprint density at radius 2 is 1.86 bits per heavy atom. The molecule has 2 heterocycles. The van der Waals surface area contributed by atoms with Gasteiger partial charge >= 0.3 is 0 Å². The zero-order valence-corrected chi connectivity index (χ0v) is 14.5. The zero-order chi connectivity index (χ0) is 19.9. The van der Waals surface area contributed by atoms with Crippen molar-refractivity contribution in [3.05, 3.63) is 76.6 Å². The van der Waals surface area contributed by atoms with Gasteiger partial charge in [-0.25, -0.2) is 4.98 Å². The van der Waals surface area contributed by atoms with E-state index in [1.54, 1.807) is 12.1 Å². The number of hydrogen-bond acceptors (Lipinski definition) is 7.